The number of carbonyl (C=O) groups is 2. The molecule has 5 nitrogen and oxygen atoms in total. The monoisotopic (exact) mass is 268 g/mol. The molecule has 0 spiro atoms. The van der Waals surface area contributed by atoms with Crippen LogP contribution in [0.5, 0.6) is 0 Å². The first-order valence-electron chi connectivity index (χ1n) is 7.25. The molecule has 1 aliphatic heterocycles. The van der Waals surface area contributed by atoms with Crippen LogP contribution in [0.15, 0.2) is 0 Å². The van der Waals surface area contributed by atoms with Gasteiger partial charge in [0.15, 0.2) is 0 Å². The van der Waals surface area contributed by atoms with Gasteiger partial charge in [-0.15, -0.1) is 0 Å². The number of rotatable bonds is 2. The van der Waals surface area contributed by atoms with Gasteiger partial charge in [-0.3, -0.25) is 0 Å². The highest BCUT2D eigenvalue weighted by atomic mass is 16.4. The van der Waals surface area contributed by atoms with Gasteiger partial charge in [0.1, 0.15) is 5.54 Å². The van der Waals surface area contributed by atoms with Gasteiger partial charge in [-0.05, 0) is 51.4 Å². The van der Waals surface area contributed by atoms with Crippen LogP contribution in [0.3, 0.4) is 0 Å². The number of hydrogen-bond acceptors (Lipinski definition) is 2. The zero-order chi connectivity index (χ0) is 14.0. The zero-order valence-electron chi connectivity index (χ0n) is 11.8. The Labute approximate surface area is 114 Å². The van der Waals surface area contributed by atoms with Crippen molar-refractivity contribution in [1.29, 1.82) is 0 Å². The summed E-state index contributed by atoms with van der Waals surface area (Å²) in [6.07, 6.45) is 5.59. The van der Waals surface area contributed by atoms with Crippen LogP contribution >= 0.6 is 0 Å². The number of urea groups is 1. The second-order valence-electron chi connectivity index (χ2n) is 6.24. The summed E-state index contributed by atoms with van der Waals surface area (Å²) in [4.78, 5) is 25.1. The molecule has 2 N–H and O–H groups in total. The molecule has 1 aliphatic carbocycles. The highest BCUT2D eigenvalue weighted by Crippen LogP contribution is 2.30. The summed E-state index contributed by atoms with van der Waals surface area (Å²) < 4.78 is 0. The fourth-order valence-electron chi connectivity index (χ4n) is 3.17. The van der Waals surface area contributed by atoms with Crippen LogP contribution in [0.25, 0.3) is 0 Å². The summed E-state index contributed by atoms with van der Waals surface area (Å²) >= 11 is 0. The molecule has 1 saturated carbocycles. The summed E-state index contributed by atoms with van der Waals surface area (Å²) in [6, 6.07) is 0.00398. The van der Waals surface area contributed by atoms with Crippen LogP contribution < -0.4 is 5.32 Å². The number of nitrogens with zero attached hydrogens (tertiary/aromatic N) is 1. The molecule has 5 heteroatoms. The average molecular weight is 268 g/mol. The minimum absolute atomic E-state index is 0.207. The van der Waals surface area contributed by atoms with Crippen LogP contribution in [0.4, 0.5) is 4.79 Å². The first-order chi connectivity index (χ1) is 8.93. The molecule has 2 fully saturated rings. The summed E-state index contributed by atoms with van der Waals surface area (Å²) in [7, 11) is 0. The van der Waals surface area contributed by atoms with Crippen molar-refractivity contribution in [3.05, 3.63) is 0 Å². The van der Waals surface area contributed by atoms with Crippen LogP contribution in [0, 0.1) is 5.92 Å². The van der Waals surface area contributed by atoms with Gasteiger partial charge in [-0.25, -0.2) is 9.59 Å². The number of nitrogens with one attached hydrogen (secondary N) is 1. The minimum Gasteiger partial charge on any atom is -0.480 e. The second-order valence-corrected chi connectivity index (χ2v) is 6.24. The average Bonchev–Trinajstić information content (AvgIpc) is 2.76. The number of hydrogen-bond donors (Lipinski definition) is 2. The molecule has 0 aromatic rings. The third-order valence-electron chi connectivity index (χ3n) is 4.69. The smallest absolute Gasteiger partial charge is 0.329 e. The minimum atomic E-state index is -1.04. The third kappa shape index (κ3) is 2.85. The van der Waals surface area contributed by atoms with Crippen molar-refractivity contribution in [3.63, 3.8) is 0 Å². The van der Waals surface area contributed by atoms with Gasteiger partial charge in [0, 0.05) is 12.6 Å². The topological polar surface area (TPSA) is 69.6 Å². The van der Waals surface area contributed by atoms with E-state index in [1.54, 1.807) is 6.92 Å². The maximum atomic E-state index is 12.3. The van der Waals surface area contributed by atoms with Crippen LogP contribution in [0.1, 0.15) is 52.4 Å². The Morgan fingerprint density at radius 3 is 2.47 bits per heavy atom. The van der Waals surface area contributed by atoms with E-state index >= 15 is 0 Å². The van der Waals surface area contributed by atoms with E-state index in [1.165, 1.54) is 4.90 Å². The van der Waals surface area contributed by atoms with Gasteiger partial charge in [-0.1, -0.05) is 6.92 Å². The molecule has 108 valence electrons. The SMILES string of the molecule is CC1CCC(NC(=O)N2CCCC2(C)C(=O)O)CC1. The van der Waals surface area contributed by atoms with E-state index in [2.05, 4.69) is 12.2 Å². The Morgan fingerprint density at radius 1 is 1.26 bits per heavy atom. The fraction of sp³-hybridized carbons (Fsp3) is 0.857. The van der Waals surface area contributed by atoms with Crippen LogP contribution in [-0.2, 0) is 4.79 Å². The second kappa shape index (κ2) is 5.39. The Morgan fingerprint density at radius 2 is 1.89 bits per heavy atom. The molecule has 0 aromatic heterocycles. The van der Waals surface area contributed by atoms with Gasteiger partial charge >= 0.3 is 12.0 Å². The van der Waals surface area contributed by atoms with Gasteiger partial charge in [0.05, 0.1) is 0 Å². The van der Waals surface area contributed by atoms with Gasteiger partial charge in [0.25, 0.3) is 0 Å². The first kappa shape index (κ1) is 14.2. The van der Waals surface area contributed by atoms with Crippen molar-refractivity contribution < 1.29 is 14.7 Å². The molecule has 1 heterocycles. The van der Waals surface area contributed by atoms with E-state index in [0.29, 0.717) is 13.0 Å². The maximum absolute atomic E-state index is 12.3. The number of amides is 2. The van der Waals surface area contributed by atoms with E-state index in [-0.39, 0.29) is 12.1 Å². The predicted molar refractivity (Wildman–Crippen MR) is 71.9 cm³/mol. The maximum Gasteiger partial charge on any atom is 0.329 e. The molecule has 0 bridgehead atoms. The lowest BCUT2D eigenvalue weighted by atomic mass is 9.87. The van der Waals surface area contributed by atoms with Gasteiger partial charge in [-0.2, -0.15) is 0 Å². The fourth-order valence-corrected chi connectivity index (χ4v) is 3.17. The molecular formula is C14H24N2O3. The molecule has 0 aromatic carbocycles. The molecule has 0 radical (unpaired) electrons. The van der Waals surface area contributed by atoms with Crippen molar-refractivity contribution in [2.24, 2.45) is 5.92 Å². The molecule has 2 rings (SSSR count). The highest BCUT2D eigenvalue weighted by Gasteiger charge is 2.46. The summed E-state index contributed by atoms with van der Waals surface area (Å²) in [5, 5.41) is 12.3. The van der Waals surface area contributed by atoms with Crippen LogP contribution in [-0.4, -0.2) is 40.1 Å². The third-order valence-corrected chi connectivity index (χ3v) is 4.69. The van der Waals surface area contributed by atoms with E-state index in [4.69, 9.17) is 0 Å². The lowest BCUT2D eigenvalue weighted by Gasteiger charge is -2.34. The van der Waals surface area contributed by atoms with E-state index < -0.39 is 11.5 Å². The Bertz CT molecular complexity index is 364. The summed E-state index contributed by atoms with van der Waals surface area (Å²) in [6.45, 7) is 4.42. The largest absolute Gasteiger partial charge is 0.480 e. The van der Waals surface area contributed by atoms with E-state index in [9.17, 15) is 14.7 Å². The van der Waals surface area contributed by atoms with Gasteiger partial charge in [0.2, 0.25) is 0 Å². The molecule has 19 heavy (non-hydrogen) atoms. The van der Waals surface area contributed by atoms with Crippen molar-refractivity contribution in [2.45, 2.75) is 64.0 Å². The number of carboxylic acid groups (broad SMARTS) is 1. The molecule has 2 aliphatic rings. The van der Waals surface area contributed by atoms with E-state index in [0.717, 1.165) is 38.0 Å². The normalized spacial score (nSPS) is 35.2. The van der Waals surface area contributed by atoms with Crippen molar-refractivity contribution in [2.75, 3.05) is 6.54 Å². The Kier molecular flexibility index (Phi) is 4.02. The number of carboxylic acids is 1. The van der Waals surface area contributed by atoms with Crippen molar-refractivity contribution in [3.8, 4) is 0 Å². The van der Waals surface area contributed by atoms with E-state index in [1.807, 2.05) is 0 Å². The van der Waals surface area contributed by atoms with Gasteiger partial charge < -0.3 is 15.3 Å². The number of carbonyl (C=O) groups excluding carboxylic acids is 1. The summed E-state index contributed by atoms with van der Waals surface area (Å²) in [5.41, 5.74) is -1.04. The predicted octanol–water partition coefficient (Wildman–Crippen LogP) is 2.21. The van der Waals surface area contributed by atoms with Crippen LogP contribution in [0.2, 0.25) is 0 Å². The Balaban J connectivity index is 1.94. The standard InChI is InChI=1S/C14H24N2O3/c1-10-4-6-11(7-5-10)15-13(19)16-9-3-8-14(16,2)12(17)18/h10-11H,3-9H2,1-2H3,(H,15,19)(H,17,18). The number of likely N-dealkylation sites (tertiary alicyclic amines) is 1. The lowest BCUT2D eigenvalue weighted by molar-refractivity contribution is -0.147. The molecular weight excluding hydrogens is 244 g/mol. The lowest BCUT2D eigenvalue weighted by Crippen LogP contribution is -2.56. The molecule has 2 amide bonds. The first-order valence-corrected chi connectivity index (χ1v) is 7.25. The van der Waals surface area contributed by atoms with Crippen molar-refractivity contribution >= 4 is 12.0 Å². The Hall–Kier alpha value is -1.26. The molecule has 1 unspecified atom stereocenters. The number of aliphatic carboxylic acids is 1. The molecule has 1 atom stereocenters. The zero-order valence-corrected chi connectivity index (χ0v) is 11.8. The summed E-state index contributed by atoms with van der Waals surface area (Å²) in [5.74, 6) is -0.165. The quantitative estimate of drug-likeness (QED) is 0.806. The highest BCUT2D eigenvalue weighted by molar-refractivity contribution is 5.86. The van der Waals surface area contributed by atoms with Crippen molar-refractivity contribution in [1.82, 2.24) is 10.2 Å². The molecule has 1 saturated heterocycles.